The molecule has 0 bridgehead atoms. The maximum Gasteiger partial charge on any atom is 0.326 e. The first-order valence-electron chi connectivity index (χ1n) is 9.41. The smallest absolute Gasteiger partial charge is 0.326 e. The van der Waals surface area contributed by atoms with E-state index in [0.717, 1.165) is 56.9 Å². The summed E-state index contributed by atoms with van der Waals surface area (Å²) in [5.41, 5.74) is 4.35. The average molecular weight is 350 g/mol. The molecule has 0 atom stereocenters. The average Bonchev–Trinajstić information content (AvgIpc) is 2.69. The quantitative estimate of drug-likeness (QED) is 0.902. The Morgan fingerprint density at radius 1 is 0.923 bits per heavy atom. The van der Waals surface area contributed by atoms with Crippen LogP contribution in [0.1, 0.15) is 12.0 Å². The molecule has 0 aromatic heterocycles. The number of hydrogen-bond acceptors (Lipinski definition) is 3. The lowest BCUT2D eigenvalue weighted by molar-refractivity contribution is 0.256. The first-order chi connectivity index (χ1) is 12.7. The molecule has 2 aliphatic heterocycles. The van der Waals surface area contributed by atoms with Crippen molar-refractivity contribution < 1.29 is 4.79 Å². The lowest BCUT2D eigenvalue weighted by Crippen LogP contribution is -2.44. The largest absolute Gasteiger partial charge is 0.369 e. The summed E-state index contributed by atoms with van der Waals surface area (Å²) < 4.78 is 0. The predicted octanol–water partition coefficient (Wildman–Crippen LogP) is 3.42. The van der Waals surface area contributed by atoms with Crippen LogP contribution in [0, 0.1) is 0 Å². The van der Waals surface area contributed by atoms with Crippen molar-refractivity contribution in [3.8, 4) is 0 Å². The van der Waals surface area contributed by atoms with Gasteiger partial charge in [-0.2, -0.15) is 0 Å². The number of likely N-dealkylation sites (N-methyl/N-ethyl adjacent to an activating group) is 1. The lowest BCUT2D eigenvalue weighted by atomic mass is 10.0. The highest BCUT2D eigenvalue weighted by molar-refractivity contribution is 6.02. The second-order valence-corrected chi connectivity index (χ2v) is 7.15. The molecule has 5 heteroatoms. The Labute approximate surface area is 155 Å². The van der Waals surface area contributed by atoms with Crippen LogP contribution in [0.25, 0.3) is 0 Å². The fourth-order valence-corrected chi connectivity index (χ4v) is 3.76. The minimum Gasteiger partial charge on any atom is -0.369 e. The summed E-state index contributed by atoms with van der Waals surface area (Å²) in [5, 5.41) is 3.05. The fraction of sp³-hybridized carbons (Fsp3) is 0.381. The number of hydrogen-bond donors (Lipinski definition) is 1. The molecule has 2 aromatic rings. The maximum atomic E-state index is 12.8. The number of benzene rings is 2. The Kier molecular flexibility index (Phi) is 4.80. The van der Waals surface area contributed by atoms with Gasteiger partial charge in [-0.1, -0.05) is 18.2 Å². The monoisotopic (exact) mass is 350 g/mol. The van der Waals surface area contributed by atoms with Gasteiger partial charge in [0.2, 0.25) is 0 Å². The van der Waals surface area contributed by atoms with E-state index >= 15 is 0 Å². The number of rotatable bonds is 2. The van der Waals surface area contributed by atoms with Crippen molar-refractivity contribution in [2.45, 2.75) is 12.8 Å². The van der Waals surface area contributed by atoms with Crippen molar-refractivity contribution in [1.82, 2.24) is 4.90 Å². The van der Waals surface area contributed by atoms with Crippen LogP contribution in [0.5, 0.6) is 0 Å². The SMILES string of the molecule is CN1CCN(c2ccc(NC(=O)N3CCCc4ccccc43)cc2)CC1. The van der Waals surface area contributed by atoms with E-state index in [1.54, 1.807) is 0 Å². The Morgan fingerprint density at radius 2 is 1.65 bits per heavy atom. The minimum atomic E-state index is -0.0514. The Morgan fingerprint density at radius 3 is 2.42 bits per heavy atom. The van der Waals surface area contributed by atoms with Crippen molar-refractivity contribution in [3.05, 3.63) is 54.1 Å². The number of fused-ring (bicyclic) bond motifs is 1. The van der Waals surface area contributed by atoms with E-state index in [1.165, 1.54) is 11.3 Å². The van der Waals surface area contributed by atoms with E-state index in [0.29, 0.717) is 0 Å². The Hall–Kier alpha value is -2.53. The Bertz CT molecular complexity index is 766. The first-order valence-corrected chi connectivity index (χ1v) is 9.41. The summed E-state index contributed by atoms with van der Waals surface area (Å²) in [7, 11) is 2.16. The predicted molar refractivity (Wildman–Crippen MR) is 107 cm³/mol. The molecule has 1 N–H and O–H groups in total. The number of aryl methyl sites for hydroxylation is 1. The van der Waals surface area contributed by atoms with E-state index in [4.69, 9.17) is 0 Å². The van der Waals surface area contributed by atoms with Crippen LogP contribution in [-0.2, 0) is 6.42 Å². The molecule has 0 unspecified atom stereocenters. The highest BCUT2D eigenvalue weighted by atomic mass is 16.2. The summed E-state index contributed by atoms with van der Waals surface area (Å²) in [5.74, 6) is 0. The van der Waals surface area contributed by atoms with Crippen LogP contribution in [0.3, 0.4) is 0 Å². The van der Waals surface area contributed by atoms with E-state index in [-0.39, 0.29) is 6.03 Å². The molecule has 2 amide bonds. The number of piperazine rings is 1. The molecule has 2 aromatic carbocycles. The van der Waals surface area contributed by atoms with Gasteiger partial charge in [-0.05, 0) is 55.8 Å². The van der Waals surface area contributed by atoms with Crippen molar-refractivity contribution in [2.24, 2.45) is 0 Å². The van der Waals surface area contributed by atoms with Gasteiger partial charge >= 0.3 is 6.03 Å². The minimum absolute atomic E-state index is 0.0514. The van der Waals surface area contributed by atoms with Gasteiger partial charge in [-0.25, -0.2) is 4.79 Å². The molecule has 0 saturated carbocycles. The normalized spacial score (nSPS) is 17.7. The third kappa shape index (κ3) is 3.53. The van der Waals surface area contributed by atoms with Crippen LogP contribution in [0.2, 0.25) is 0 Å². The summed E-state index contributed by atoms with van der Waals surface area (Å²) in [6.07, 6.45) is 2.05. The van der Waals surface area contributed by atoms with Gasteiger partial charge in [0.25, 0.3) is 0 Å². The molecule has 0 aliphatic carbocycles. The summed E-state index contributed by atoms with van der Waals surface area (Å²) in [6.45, 7) is 5.04. The molecule has 0 radical (unpaired) electrons. The molecular weight excluding hydrogens is 324 g/mol. The zero-order valence-corrected chi connectivity index (χ0v) is 15.3. The summed E-state index contributed by atoms with van der Waals surface area (Å²) in [6, 6.07) is 16.3. The van der Waals surface area contributed by atoms with Gasteiger partial charge < -0.3 is 15.1 Å². The van der Waals surface area contributed by atoms with E-state index in [2.05, 4.69) is 40.4 Å². The van der Waals surface area contributed by atoms with Crippen LogP contribution >= 0.6 is 0 Å². The summed E-state index contributed by atoms with van der Waals surface area (Å²) >= 11 is 0. The number of para-hydroxylation sites is 1. The van der Waals surface area contributed by atoms with Crippen LogP contribution in [0.4, 0.5) is 21.9 Å². The van der Waals surface area contributed by atoms with Crippen LogP contribution in [0.15, 0.2) is 48.5 Å². The van der Waals surface area contributed by atoms with E-state index < -0.39 is 0 Å². The van der Waals surface area contributed by atoms with Crippen LogP contribution < -0.4 is 15.1 Å². The lowest BCUT2D eigenvalue weighted by Gasteiger charge is -2.34. The molecule has 26 heavy (non-hydrogen) atoms. The summed E-state index contributed by atoms with van der Waals surface area (Å²) in [4.78, 5) is 19.4. The van der Waals surface area contributed by atoms with Crippen molar-refractivity contribution in [2.75, 3.05) is 54.9 Å². The van der Waals surface area contributed by atoms with Gasteiger partial charge in [-0.15, -0.1) is 0 Å². The number of urea groups is 1. The molecule has 2 aliphatic rings. The third-order valence-corrected chi connectivity index (χ3v) is 5.34. The zero-order chi connectivity index (χ0) is 17.9. The number of nitrogens with zero attached hydrogens (tertiary/aromatic N) is 3. The topological polar surface area (TPSA) is 38.8 Å². The van der Waals surface area contributed by atoms with Gasteiger partial charge in [0.1, 0.15) is 0 Å². The highest BCUT2D eigenvalue weighted by Crippen LogP contribution is 2.27. The molecule has 136 valence electrons. The molecular formula is C21H26N4O. The van der Waals surface area contributed by atoms with Gasteiger partial charge in [0, 0.05) is 49.8 Å². The molecule has 0 spiro atoms. The van der Waals surface area contributed by atoms with Crippen LogP contribution in [-0.4, -0.2) is 50.7 Å². The number of anilines is 3. The molecule has 2 heterocycles. The first kappa shape index (κ1) is 16.9. The second kappa shape index (κ2) is 7.38. The van der Waals surface area contributed by atoms with Crippen molar-refractivity contribution in [1.29, 1.82) is 0 Å². The number of nitrogens with one attached hydrogen (secondary N) is 1. The fourth-order valence-electron chi connectivity index (χ4n) is 3.76. The standard InChI is InChI=1S/C21H26N4O/c1-23-13-15-24(16-14-23)19-10-8-18(9-11-19)22-21(26)25-12-4-6-17-5-2-3-7-20(17)25/h2-3,5,7-11H,4,6,12-16H2,1H3,(H,22,26). The van der Waals surface area contributed by atoms with Gasteiger partial charge in [0.05, 0.1) is 0 Å². The van der Waals surface area contributed by atoms with Gasteiger partial charge in [0.15, 0.2) is 0 Å². The molecule has 1 fully saturated rings. The Balaban J connectivity index is 1.42. The van der Waals surface area contributed by atoms with Crippen molar-refractivity contribution in [3.63, 3.8) is 0 Å². The molecule has 4 rings (SSSR count). The molecule has 5 nitrogen and oxygen atoms in total. The second-order valence-electron chi connectivity index (χ2n) is 7.15. The van der Waals surface area contributed by atoms with E-state index in [9.17, 15) is 4.79 Å². The number of carbonyl (C=O) groups is 1. The number of amides is 2. The zero-order valence-electron chi connectivity index (χ0n) is 15.3. The van der Waals surface area contributed by atoms with E-state index in [1.807, 2.05) is 35.2 Å². The maximum absolute atomic E-state index is 12.8. The number of carbonyl (C=O) groups excluding carboxylic acids is 1. The van der Waals surface area contributed by atoms with Gasteiger partial charge in [-0.3, -0.25) is 4.90 Å². The third-order valence-electron chi connectivity index (χ3n) is 5.34. The molecule has 1 saturated heterocycles. The van der Waals surface area contributed by atoms with Crippen molar-refractivity contribution >= 4 is 23.1 Å². The highest BCUT2D eigenvalue weighted by Gasteiger charge is 2.22.